The molecule has 158 valence electrons. The Kier molecular flexibility index (Phi) is 4.50. The molecule has 1 aliphatic rings. The van der Waals surface area contributed by atoms with Gasteiger partial charge in [-0.2, -0.15) is 19.6 Å². The van der Waals surface area contributed by atoms with E-state index in [0.717, 1.165) is 18.4 Å². The van der Waals surface area contributed by atoms with Crippen molar-refractivity contribution in [1.82, 2.24) is 29.5 Å². The molecule has 1 unspecified atom stereocenters. The van der Waals surface area contributed by atoms with Crippen LogP contribution in [0.3, 0.4) is 0 Å². The van der Waals surface area contributed by atoms with E-state index in [4.69, 9.17) is 0 Å². The molecule has 1 saturated carbocycles. The van der Waals surface area contributed by atoms with E-state index in [1.807, 2.05) is 6.92 Å². The van der Waals surface area contributed by atoms with E-state index in [0.29, 0.717) is 22.4 Å². The number of anilines is 1. The average molecular weight is 422 g/mol. The molecule has 3 heterocycles. The molecule has 1 fully saturated rings. The Morgan fingerprint density at radius 1 is 1.29 bits per heavy atom. The van der Waals surface area contributed by atoms with Crippen molar-refractivity contribution in [1.29, 1.82) is 0 Å². The molecular weight excluding hydrogens is 403 g/mol. The molecule has 31 heavy (non-hydrogen) atoms. The summed E-state index contributed by atoms with van der Waals surface area (Å²) in [5.74, 6) is -0.236. The molecule has 3 aromatic heterocycles. The summed E-state index contributed by atoms with van der Waals surface area (Å²) in [4.78, 5) is 29.9. The van der Waals surface area contributed by atoms with Gasteiger partial charge in [-0.15, -0.1) is 0 Å². The van der Waals surface area contributed by atoms with Crippen LogP contribution in [-0.2, 0) is 0 Å². The number of aromatic amines is 2. The highest BCUT2D eigenvalue weighted by molar-refractivity contribution is 5.57. The average Bonchev–Trinajstić information content (AvgIpc) is 3.37. The Morgan fingerprint density at radius 2 is 2.06 bits per heavy atom. The third-order valence-corrected chi connectivity index (χ3v) is 4.97. The lowest BCUT2D eigenvalue weighted by Crippen LogP contribution is -2.25. The quantitative estimate of drug-likeness (QED) is 0.375. The van der Waals surface area contributed by atoms with E-state index in [-0.39, 0.29) is 29.5 Å². The van der Waals surface area contributed by atoms with Gasteiger partial charge >= 0.3 is 5.69 Å². The number of H-pyrrole nitrogens is 2. The Morgan fingerprint density at radius 3 is 2.74 bits per heavy atom. The number of nitrogens with zero attached hydrogens (tertiary/aromatic N) is 5. The number of hydrogen-bond donors (Lipinski definition) is 4. The summed E-state index contributed by atoms with van der Waals surface area (Å²) < 4.78 is 14.8. The highest BCUT2D eigenvalue weighted by atomic mass is 19.1. The standard InChI is InChI=1S/C20H19FN8O2/c1-10(11-2-4-13(21)5-3-11)23-18-26-16-12(8-15-17(30)27-20(31)25-15)9-22-29(16)19(28-18)24-14-6-7-14/h2-5,8-10,14,30H,6-7H2,1H3,(H,23,24,28)(H2,25,27,31)/b12-8+. The van der Waals surface area contributed by atoms with Gasteiger partial charge in [-0.05, 0) is 43.5 Å². The number of nitrogens with one attached hydrogen (secondary N) is 3. The predicted molar refractivity (Wildman–Crippen MR) is 110 cm³/mol. The van der Waals surface area contributed by atoms with Crippen molar-refractivity contribution in [2.75, 3.05) is 5.32 Å². The summed E-state index contributed by atoms with van der Waals surface area (Å²) in [6.45, 7) is 1.92. The first-order valence-corrected chi connectivity index (χ1v) is 9.81. The number of halogens is 1. The van der Waals surface area contributed by atoms with E-state index in [1.165, 1.54) is 16.6 Å². The Hall–Kier alpha value is -4.02. The number of aromatic nitrogens is 6. The predicted octanol–water partition coefficient (Wildman–Crippen LogP) is 0.769. The topological polar surface area (TPSA) is 136 Å². The van der Waals surface area contributed by atoms with Crippen molar-refractivity contribution in [3.63, 3.8) is 0 Å². The summed E-state index contributed by atoms with van der Waals surface area (Å²) in [5.41, 5.74) is 1.45. The van der Waals surface area contributed by atoms with Crippen molar-refractivity contribution in [3.8, 4) is 5.88 Å². The molecule has 1 aliphatic carbocycles. The highest BCUT2D eigenvalue weighted by Gasteiger charge is 2.21. The van der Waals surface area contributed by atoms with Gasteiger partial charge in [-0.3, -0.25) is 4.98 Å². The summed E-state index contributed by atoms with van der Waals surface area (Å²) >= 11 is 0. The molecule has 0 spiro atoms. The van der Waals surface area contributed by atoms with Crippen LogP contribution in [0.2, 0.25) is 0 Å². The third kappa shape index (κ3) is 3.89. The molecule has 0 bridgehead atoms. The molecular formula is C20H19FN8O2. The van der Waals surface area contributed by atoms with Gasteiger partial charge in [0.1, 0.15) is 11.5 Å². The minimum Gasteiger partial charge on any atom is -0.493 e. The van der Waals surface area contributed by atoms with Crippen LogP contribution >= 0.6 is 0 Å². The highest BCUT2D eigenvalue weighted by Crippen LogP contribution is 2.22. The van der Waals surface area contributed by atoms with E-state index >= 15 is 0 Å². The first-order valence-electron chi connectivity index (χ1n) is 9.81. The molecule has 1 aromatic carbocycles. The minimum atomic E-state index is -0.519. The number of fused-ring (bicyclic) bond motifs is 1. The van der Waals surface area contributed by atoms with Crippen molar-refractivity contribution >= 4 is 17.7 Å². The summed E-state index contributed by atoms with van der Waals surface area (Å²) in [7, 11) is 0. The molecule has 10 nitrogen and oxygen atoms in total. The fraction of sp³-hybridized carbons (Fsp3) is 0.250. The second kappa shape index (κ2) is 7.35. The molecule has 1 atom stereocenters. The van der Waals surface area contributed by atoms with E-state index in [1.54, 1.807) is 24.4 Å². The first kappa shape index (κ1) is 19.0. The van der Waals surface area contributed by atoms with Crippen molar-refractivity contribution in [2.45, 2.75) is 31.8 Å². The van der Waals surface area contributed by atoms with Crippen LogP contribution in [0.1, 0.15) is 37.1 Å². The van der Waals surface area contributed by atoms with Crippen LogP contribution in [0.4, 0.5) is 10.3 Å². The van der Waals surface area contributed by atoms with Gasteiger partial charge in [0, 0.05) is 5.22 Å². The second-order valence-electron chi connectivity index (χ2n) is 7.45. The fourth-order valence-electron chi connectivity index (χ4n) is 3.17. The van der Waals surface area contributed by atoms with Gasteiger partial charge in [0.2, 0.25) is 11.8 Å². The van der Waals surface area contributed by atoms with Crippen molar-refractivity contribution in [2.24, 2.45) is 4.99 Å². The summed E-state index contributed by atoms with van der Waals surface area (Å²) in [5, 5.41) is 18.0. The van der Waals surface area contributed by atoms with E-state index < -0.39 is 5.69 Å². The fourth-order valence-corrected chi connectivity index (χ4v) is 3.17. The SMILES string of the molecule is CC(Nc1nc(=NC2CC2)n2nc/c(=C\c3[nH]c(=O)[nH]c3O)c2n1)c1ccc(F)cc1. The van der Waals surface area contributed by atoms with Gasteiger partial charge < -0.3 is 15.4 Å². The summed E-state index contributed by atoms with van der Waals surface area (Å²) in [6.07, 6.45) is 5.13. The van der Waals surface area contributed by atoms with Crippen LogP contribution in [0, 0.1) is 5.82 Å². The van der Waals surface area contributed by atoms with E-state index in [9.17, 15) is 14.3 Å². The van der Waals surface area contributed by atoms with Crippen molar-refractivity contribution in [3.05, 3.63) is 68.9 Å². The zero-order valence-corrected chi connectivity index (χ0v) is 16.5. The number of benzene rings is 1. The maximum atomic E-state index is 13.2. The lowest BCUT2D eigenvalue weighted by atomic mass is 10.1. The van der Waals surface area contributed by atoms with Gasteiger partial charge in [-0.25, -0.2) is 14.2 Å². The molecule has 4 aromatic rings. The maximum Gasteiger partial charge on any atom is 0.326 e. The molecule has 11 heteroatoms. The van der Waals surface area contributed by atoms with Crippen LogP contribution < -0.4 is 21.8 Å². The van der Waals surface area contributed by atoms with Gasteiger partial charge in [0.15, 0.2) is 5.65 Å². The third-order valence-electron chi connectivity index (χ3n) is 4.97. The molecule has 0 radical (unpaired) electrons. The zero-order valence-electron chi connectivity index (χ0n) is 16.5. The maximum absolute atomic E-state index is 13.2. The van der Waals surface area contributed by atoms with Crippen LogP contribution in [0.5, 0.6) is 5.88 Å². The Bertz CT molecular complexity index is 1430. The normalized spacial score (nSPS) is 16.2. The number of aromatic hydroxyl groups is 1. The molecule has 0 saturated heterocycles. The van der Waals surface area contributed by atoms with Gasteiger partial charge in [0.25, 0.3) is 5.62 Å². The lowest BCUT2D eigenvalue weighted by molar-refractivity contribution is 0.454. The Labute approximate surface area is 174 Å². The van der Waals surface area contributed by atoms with E-state index in [2.05, 4.69) is 35.3 Å². The molecule has 4 N–H and O–H groups in total. The smallest absolute Gasteiger partial charge is 0.326 e. The Balaban J connectivity index is 1.61. The zero-order chi connectivity index (χ0) is 21.5. The van der Waals surface area contributed by atoms with Crippen molar-refractivity contribution < 1.29 is 9.50 Å². The largest absolute Gasteiger partial charge is 0.493 e. The van der Waals surface area contributed by atoms with Crippen LogP contribution in [-0.4, -0.2) is 40.7 Å². The monoisotopic (exact) mass is 422 g/mol. The van der Waals surface area contributed by atoms with Crippen LogP contribution in [0.25, 0.3) is 11.7 Å². The number of rotatable bonds is 5. The molecule has 5 rings (SSSR count). The lowest BCUT2D eigenvalue weighted by Gasteiger charge is -2.14. The van der Waals surface area contributed by atoms with Crippen LogP contribution in [0.15, 0.2) is 40.2 Å². The second-order valence-corrected chi connectivity index (χ2v) is 7.45. The molecule has 0 aliphatic heterocycles. The number of hydrogen-bond acceptors (Lipinski definition) is 7. The number of imidazole rings is 1. The molecule has 0 amide bonds. The van der Waals surface area contributed by atoms with Gasteiger partial charge in [0.05, 0.1) is 18.3 Å². The minimum absolute atomic E-state index is 0.183. The first-order chi connectivity index (χ1) is 15.0. The van der Waals surface area contributed by atoms with Gasteiger partial charge in [-0.1, -0.05) is 12.1 Å². The summed E-state index contributed by atoms with van der Waals surface area (Å²) in [6, 6.07) is 6.23.